The zero-order valence-electron chi connectivity index (χ0n) is 35.3. The molecule has 2 aromatic carbocycles. The number of carbonyl (C=O) groups is 2. The Bertz CT molecular complexity index is 2550. The average Bonchev–Trinajstić information content (AvgIpc) is 3.82. The summed E-state index contributed by atoms with van der Waals surface area (Å²) in [6, 6.07) is 23.6. The zero-order chi connectivity index (χ0) is 46.7. The standard InChI is InChI=1S/C21H25F2N5O4S.C20H22F2N6O3S/c1-26-9-11-27(12-10-26)33(31,32)28(18-5-3-2-4-6-18)15-17-8-7-16(13-24-17)19(29)14-25-21(30)20(22)23;1-26-9-11-27(12-10-26)32(29,30)28(17-5-3-2-4-6-17)14-16-8-7-15(13-23-16)19-24-25-20(31-19)18(21)22/h2-8,13,20H,9-12,14-15H2,1H3,(H,25,30);2-8,13,18H,9-12,14H2,1H3. The molecule has 7 rings (SSSR count). The molecule has 0 aliphatic carbocycles. The van der Waals surface area contributed by atoms with E-state index in [-0.39, 0.29) is 24.5 Å². The summed E-state index contributed by atoms with van der Waals surface area (Å²) in [7, 11) is -3.74. The van der Waals surface area contributed by atoms with E-state index in [2.05, 4.69) is 30.0 Å². The Morgan fingerprint density at radius 2 is 1.14 bits per heavy atom. The Morgan fingerprint density at radius 3 is 1.54 bits per heavy atom. The topological polar surface area (TPSA) is 199 Å². The van der Waals surface area contributed by atoms with Crippen LogP contribution < -0.4 is 13.9 Å². The molecule has 5 aromatic rings. The SMILES string of the molecule is CN1CCN(S(=O)(=O)N(Cc2ccc(-c3nnc(C(F)F)o3)cn2)c2ccccc2)CC1.CN1CCN(S(=O)(=O)N(Cc2ccc(C(=O)CNC(=O)C(F)F)cn2)c2ccccc2)CC1. The number of halogens is 4. The summed E-state index contributed by atoms with van der Waals surface area (Å²) in [5.74, 6) is -2.96. The average molecular weight is 946 g/mol. The second kappa shape index (κ2) is 21.8. The van der Waals surface area contributed by atoms with Crippen molar-refractivity contribution in [3.8, 4) is 11.5 Å². The van der Waals surface area contributed by atoms with Gasteiger partial charge >= 0.3 is 33.3 Å². The van der Waals surface area contributed by atoms with Crippen molar-refractivity contribution in [2.24, 2.45) is 0 Å². The molecule has 0 unspecified atom stereocenters. The number of Topliss-reactive ketones (excluding diaryl/α,β-unsaturated/α-hetero) is 1. The number of alkyl halides is 4. The number of para-hydroxylation sites is 2. The van der Waals surface area contributed by atoms with Crippen LogP contribution in [-0.4, -0.2) is 147 Å². The molecule has 0 radical (unpaired) electrons. The van der Waals surface area contributed by atoms with Crippen molar-refractivity contribution in [2.45, 2.75) is 25.9 Å². The predicted molar refractivity (Wildman–Crippen MR) is 231 cm³/mol. The van der Waals surface area contributed by atoms with Gasteiger partial charge in [0, 0.05) is 70.3 Å². The number of anilines is 2. The van der Waals surface area contributed by atoms with E-state index in [4.69, 9.17) is 4.42 Å². The van der Waals surface area contributed by atoms with E-state index in [0.29, 0.717) is 80.7 Å². The Labute approximate surface area is 373 Å². The number of benzene rings is 2. The third-order valence-electron chi connectivity index (χ3n) is 10.3. The summed E-state index contributed by atoms with van der Waals surface area (Å²) in [6.45, 7) is 3.45. The Kier molecular flexibility index (Phi) is 16.3. The molecular weight excluding hydrogens is 899 g/mol. The number of likely N-dealkylation sites (N-methyl/N-ethyl adjacent to an activating group) is 2. The smallest absolute Gasteiger partial charge is 0.315 e. The molecule has 0 bridgehead atoms. The number of aromatic nitrogens is 4. The molecule has 1 amide bonds. The van der Waals surface area contributed by atoms with Gasteiger partial charge in [0.1, 0.15) is 0 Å². The van der Waals surface area contributed by atoms with Gasteiger partial charge in [0.25, 0.3) is 11.8 Å². The van der Waals surface area contributed by atoms with Crippen molar-refractivity contribution >= 4 is 43.5 Å². The van der Waals surface area contributed by atoms with Gasteiger partial charge in [-0.3, -0.25) is 28.2 Å². The maximum atomic E-state index is 13.5. The first-order valence-electron chi connectivity index (χ1n) is 20.2. The Hall–Kier alpha value is -5.92. The highest BCUT2D eigenvalue weighted by Gasteiger charge is 2.34. The highest BCUT2D eigenvalue weighted by atomic mass is 32.2. The molecule has 2 saturated heterocycles. The molecular formula is C41H47F4N11O7S2. The largest absolute Gasteiger partial charge is 0.415 e. The van der Waals surface area contributed by atoms with Crippen LogP contribution in [-0.2, 0) is 38.3 Å². The van der Waals surface area contributed by atoms with Gasteiger partial charge in [0.05, 0.1) is 48.0 Å². The maximum absolute atomic E-state index is 13.5. The number of carbonyl (C=O) groups excluding carboxylic acids is 2. The lowest BCUT2D eigenvalue weighted by atomic mass is 10.1. The molecule has 24 heteroatoms. The normalized spacial score (nSPS) is 15.6. The first kappa shape index (κ1) is 48.5. The molecule has 65 heavy (non-hydrogen) atoms. The van der Waals surface area contributed by atoms with Crippen LogP contribution in [0.3, 0.4) is 0 Å². The van der Waals surface area contributed by atoms with Crippen molar-refractivity contribution in [1.82, 2.24) is 43.9 Å². The third-order valence-corrected chi connectivity index (χ3v) is 14.1. The lowest BCUT2D eigenvalue weighted by Gasteiger charge is -2.36. The molecule has 3 aromatic heterocycles. The van der Waals surface area contributed by atoms with E-state index >= 15 is 0 Å². The van der Waals surface area contributed by atoms with E-state index < -0.39 is 57.4 Å². The third kappa shape index (κ3) is 12.7. The van der Waals surface area contributed by atoms with E-state index in [1.165, 1.54) is 41.7 Å². The van der Waals surface area contributed by atoms with Gasteiger partial charge < -0.3 is 19.5 Å². The predicted octanol–water partition coefficient (Wildman–Crippen LogP) is 3.71. The van der Waals surface area contributed by atoms with Gasteiger partial charge in [-0.2, -0.15) is 43.0 Å². The van der Waals surface area contributed by atoms with Gasteiger partial charge in [-0.15, -0.1) is 10.2 Å². The van der Waals surface area contributed by atoms with Crippen molar-refractivity contribution in [3.05, 3.63) is 120 Å². The number of rotatable bonds is 16. The lowest BCUT2D eigenvalue weighted by molar-refractivity contribution is -0.131. The van der Waals surface area contributed by atoms with Crippen molar-refractivity contribution in [2.75, 3.05) is 81.6 Å². The Balaban J connectivity index is 0.000000215. The van der Waals surface area contributed by atoms with Gasteiger partial charge in [-0.1, -0.05) is 36.4 Å². The van der Waals surface area contributed by atoms with Crippen LogP contribution in [0.15, 0.2) is 102 Å². The molecule has 1 N–H and O–H groups in total. The summed E-state index contributed by atoms with van der Waals surface area (Å²) >= 11 is 0. The van der Waals surface area contributed by atoms with E-state index in [0.717, 1.165) is 0 Å². The minimum absolute atomic E-state index is 0.00504. The summed E-state index contributed by atoms with van der Waals surface area (Å²) < 4.78 is 114. The lowest BCUT2D eigenvalue weighted by Crippen LogP contribution is -2.52. The molecule has 0 spiro atoms. The van der Waals surface area contributed by atoms with Crippen LogP contribution in [0, 0.1) is 0 Å². The first-order chi connectivity index (χ1) is 31.0. The molecule has 0 atom stereocenters. The Morgan fingerprint density at radius 1 is 0.662 bits per heavy atom. The van der Waals surface area contributed by atoms with Crippen molar-refractivity contribution in [3.63, 3.8) is 0 Å². The zero-order valence-corrected chi connectivity index (χ0v) is 37.0. The number of pyridine rings is 2. The van der Waals surface area contributed by atoms with E-state index in [1.807, 2.05) is 25.5 Å². The second-order valence-corrected chi connectivity index (χ2v) is 18.6. The monoisotopic (exact) mass is 945 g/mol. The highest BCUT2D eigenvalue weighted by Crippen LogP contribution is 2.27. The van der Waals surface area contributed by atoms with Crippen LogP contribution in [0.5, 0.6) is 0 Å². The quantitative estimate of drug-likeness (QED) is 0.111. The minimum Gasteiger partial charge on any atom is -0.415 e. The fraction of sp³-hybridized carbons (Fsp3) is 0.366. The maximum Gasteiger partial charge on any atom is 0.315 e. The molecule has 2 aliphatic rings. The molecule has 5 heterocycles. The van der Waals surface area contributed by atoms with Gasteiger partial charge in [0.15, 0.2) is 5.78 Å². The number of piperazine rings is 2. The highest BCUT2D eigenvalue weighted by molar-refractivity contribution is 7.90. The number of nitrogens with zero attached hydrogens (tertiary/aromatic N) is 10. The van der Waals surface area contributed by atoms with Crippen molar-refractivity contribution < 1.29 is 48.4 Å². The van der Waals surface area contributed by atoms with Crippen LogP contribution >= 0.6 is 0 Å². The van der Waals surface area contributed by atoms with Gasteiger partial charge in [-0.25, -0.2) is 0 Å². The molecule has 0 saturated carbocycles. The van der Waals surface area contributed by atoms with Crippen LogP contribution in [0.1, 0.15) is 34.1 Å². The van der Waals surface area contributed by atoms with Gasteiger partial charge in [-0.05, 0) is 62.6 Å². The number of amides is 1. The molecule has 18 nitrogen and oxygen atoms in total. The second-order valence-electron chi connectivity index (χ2n) is 14.9. The van der Waals surface area contributed by atoms with Crippen molar-refractivity contribution in [1.29, 1.82) is 0 Å². The molecule has 2 fully saturated rings. The number of hydrogen-bond acceptors (Lipinski definition) is 13. The fourth-order valence-corrected chi connectivity index (χ4v) is 9.70. The number of hydrogen-bond donors (Lipinski definition) is 1. The summed E-state index contributed by atoms with van der Waals surface area (Å²) in [5, 5.41) is 8.75. The van der Waals surface area contributed by atoms with Crippen LogP contribution in [0.4, 0.5) is 28.9 Å². The molecule has 2 aliphatic heterocycles. The molecule has 348 valence electrons. The van der Waals surface area contributed by atoms with Crippen LogP contribution in [0.2, 0.25) is 0 Å². The van der Waals surface area contributed by atoms with E-state index in [1.54, 1.807) is 66.7 Å². The minimum atomic E-state index is -3.84. The summed E-state index contributed by atoms with van der Waals surface area (Å²) in [5.41, 5.74) is 2.35. The van der Waals surface area contributed by atoms with Gasteiger partial charge in [0.2, 0.25) is 5.89 Å². The fourth-order valence-electron chi connectivity index (χ4n) is 6.52. The number of ketones is 1. The summed E-state index contributed by atoms with van der Waals surface area (Å²) in [4.78, 5) is 35.7. The van der Waals surface area contributed by atoms with Crippen LogP contribution in [0.25, 0.3) is 11.5 Å². The summed E-state index contributed by atoms with van der Waals surface area (Å²) in [6.07, 6.45) is -3.44. The van der Waals surface area contributed by atoms with E-state index in [9.17, 15) is 44.0 Å². The first-order valence-corrected chi connectivity index (χ1v) is 23.0. The number of nitrogens with one attached hydrogen (secondary N) is 1.